The van der Waals surface area contributed by atoms with Gasteiger partial charge < -0.3 is 10.5 Å². The van der Waals surface area contributed by atoms with E-state index in [9.17, 15) is 4.79 Å². The molecule has 18 heavy (non-hydrogen) atoms. The first kappa shape index (κ1) is 12.1. The molecule has 6 nitrogen and oxygen atoms in total. The normalized spacial score (nSPS) is 10.3. The second-order valence-electron chi connectivity index (χ2n) is 4.01. The van der Waals surface area contributed by atoms with E-state index in [-0.39, 0.29) is 6.61 Å². The number of ether oxygens (including phenoxy) is 1. The van der Waals surface area contributed by atoms with Gasteiger partial charge in [0.15, 0.2) is 12.4 Å². The molecule has 2 rings (SSSR count). The van der Waals surface area contributed by atoms with Gasteiger partial charge in [-0.2, -0.15) is 5.10 Å². The van der Waals surface area contributed by atoms with Crippen molar-refractivity contribution in [1.82, 2.24) is 14.8 Å². The SMILES string of the molecule is Cc1cc(N)cc(C(=O)OCc2ncnn2C)c1. The van der Waals surface area contributed by atoms with E-state index in [2.05, 4.69) is 10.1 Å². The number of aryl methyl sites for hydroxylation is 2. The molecule has 0 spiro atoms. The molecule has 2 N–H and O–H groups in total. The minimum absolute atomic E-state index is 0.0865. The monoisotopic (exact) mass is 246 g/mol. The van der Waals surface area contributed by atoms with Crippen molar-refractivity contribution in [3.8, 4) is 0 Å². The Bertz CT molecular complexity index is 557. The summed E-state index contributed by atoms with van der Waals surface area (Å²) in [6.45, 7) is 1.96. The van der Waals surface area contributed by atoms with E-state index in [0.29, 0.717) is 17.1 Å². The van der Waals surface area contributed by atoms with Gasteiger partial charge in [0.25, 0.3) is 0 Å². The summed E-state index contributed by atoms with van der Waals surface area (Å²) in [4.78, 5) is 15.8. The first-order chi connectivity index (χ1) is 8.56. The smallest absolute Gasteiger partial charge is 0.338 e. The minimum atomic E-state index is -0.423. The van der Waals surface area contributed by atoms with Crippen LogP contribution >= 0.6 is 0 Å². The Morgan fingerprint density at radius 1 is 1.44 bits per heavy atom. The first-order valence-electron chi connectivity index (χ1n) is 5.43. The number of rotatable bonds is 3. The summed E-state index contributed by atoms with van der Waals surface area (Å²) in [6.07, 6.45) is 1.41. The molecule has 0 atom stereocenters. The quantitative estimate of drug-likeness (QED) is 0.646. The molecule has 1 heterocycles. The maximum Gasteiger partial charge on any atom is 0.338 e. The maximum atomic E-state index is 11.8. The lowest BCUT2D eigenvalue weighted by molar-refractivity contribution is 0.0458. The molecule has 0 aliphatic heterocycles. The molecule has 0 radical (unpaired) electrons. The highest BCUT2D eigenvalue weighted by Gasteiger charge is 2.10. The highest BCUT2D eigenvalue weighted by Crippen LogP contribution is 2.12. The van der Waals surface area contributed by atoms with Gasteiger partial charge in [0.2, 0.25) is 0 Å². The first-order valence-corrected chi connectivity index (χ1v) is 5.43. The third-order valence-electron chi connectivity index (χ3n) is 2.47. The van der Waals surface area contributed by atoms with Gasteiger partial charge in [-0.05, 0) is 30.7 Å². The summed E-state index contributed by atoms with van der Waals surface area (Å²) in [6, 6.07) is 5.11. The fourth-order valence-electron chi connectivity index (χ4n) is 1.59. The van der Waals surface area contributed by atoms with Gasteiger partial charge in [-0.3, -0.25) is 4.68 Å². The van der Waals surface area contributed by atoms with Crippen LogP contribution in [-0.2, 0) is 18.4 Å². The average molecular weight is 246 g/mol. The van der Waals surface area contributed by atoms with Crippen LogP contribution in [0.15, 0.2) is 24.5 Å². The largest absolute Gasteiger partial charge is 0.454 e. The number of hydrogen-bond acceptors (Lipinski definition) is 5. The van der Waals surface area contributed by atoms with Gasteiger partial charge >= 0.3 is 5.97 Å². The predicted molar refractivity (Wildman–Crippen MR) is 65.7 cm³/mol. The maximum absolute atomic E-state index is 11.8. The molecule has 6 heteroatoms. The zero-order valence-electron chi connectivity index (χ0n) is 10.3. The standard InChI is InChI=1S/C12H14N4O2/c1-8-3-9(5-10(13)4-8)12(17)18-6-11-14-7-15-16(11)2/h3-5,7H,6,13H2,1-2H3. The summed E-state index contributed by atoms with van der Waals surface area (Å²) >= 11 is 0. The van der Waals surface area contributed by atoms with E-state index in [1.807, 2.05) is 6.92 Å². The van der Waals surface area contributed by atoms with Gasteiger partial charge in [-0.1, -0.05) is 0 Å². The topological polar surface area (TPSA) is 83.0 Å². The Balaban J connectivity index is 2.06. The van der Waals surface area contributed by atoms with E-state index >= 15 is 0 Å². The van der Waals surface area contributed by atoms with Crippen LogP contribution < -0.4 is 5.73 Å². The molecule has 0 saturated heterocycles. The summed E-state index contributed by atoms with van der Waals surface area (Å²) < 4.78 is 6.70. The summed E-state index contributed by atoms with van der Waals surface area (Å²) in [5, 5.41) is 3.89. The van der Waals surface area contributed by atoms with Crippen molar-refractivity contribution in [2.75, 3.05) is 5.73 Å². The second-order valence-corrected chi connectivity index (χ2v) is 4.01. The lowest BCUT2D eigenvalue weighted by atomic mass is 10.1. The molecule has 2 aromatic rings. The van der Waals surface area contributed by atoms with Crippen molar-refractivity contribution in [2.24, 2.45) is 7.05 Å². The molecular formula is C12H14N4O2. The van der Waals surface area contributed by atoms with E-state index < -0.39 is 5.97 Å². The number of carbonyl (C=O) groups excluding carboxylic acids is 1. The summed E-state index contributed by atoms with van der Waals surface area (Å²) in [5.74, 6) is 0.164. The lowest BCUT2D eigenvalue weighted by Crippen LogP contribution is -2.09. The van der Waals surface area contributed by atoms with Crippen LogP contribution in [0.1, 0.15) is 21.7 Å². The third kappa shape index (κ3) is 2.65. The molecule has 0 fully saturated rings. The Morgan fingerprint density at radius 2 is 2.22 bits per heavy atom. The number of esters is 1. The highest BCUT2D eigenvalue weighted by molar-refractivity contribution is 5.90. The fraction of sp³-hybridized carbons (Fsp3) is 0.250. The van der Waals surface area contributed by atoms with Crippen molar-refractivity contribution in [3.05, 3.63) is 41.5 Å². The Kier molecular flexibility index (Phi) is 3.27. The van der Waals surface area contributed by atoms with Crippen molar-refractivity contribution in [1.29, 1.82) is 0 Å². The molecule has 0 aliphatic carbocycles. The van der Waals surface area contributed by atoms with Crippen LogP contribution in [0, 0.1) is 6.92 Å². The number of carbonyl (C=O) groups is 1. The average Bonchev–Trinajstić information content (AvgIpc) is 2.70. The molecule has 1 aromatic carbocycles. The number of benzene rings is 1. The van der Waals surface area contributed by atoms with Crippen molar-refractivity contribution in [3.63, 3.8) is 0 Å². The zero-order chi connectivity index (χ0) is 13.1. The highest BCUT2D eigenvalue weighted by atomic mass is 16.5. The number of nitrogens with two attached hydrogens (primary N) is 1. The van der Waals surface area contributed by atoms with E-state index in [0.717, 1.165) is 5.56 Å². The van der Waals surface area contributed by atoms with Crippen molar-refractivity contribution >= 4 is 11.7 Å². The van der Waals surface area contributed by atoms with E-state index in [4.69, 9.17) is 10.5 Å². The molecule has 0 bridgehead atoms. The van der Waals surface area contributed by atoms with Crippen LogP contribution in [0.2, 0.25) is 0 Å². The number of hydrogen-bond donors (Lipinski definition) is 1. The van der Waals surface area contributed by atoms with Gasteiger partial charge in [-0.15, -0.1) is 0 Å². The Labute approximate surface area is 104 Å². The minimum Gasteiger partial charge on any atom is -0.454 e. The van der Waals surface area contributed by atoms with Crippen molar-refractivity contribution in [2.45, 2.75) is 13.5 Å². The predicted octanol–water partition coefficient (Wildman–Crippen LogP) is 1.06. The zero-order valence-corrected chi connectivity index (χ0v) is 10.3. The number of nitrogens with zero attached hydrogens (tertiary/aromatic N) is 3. The van der Waals surface area contributed by atoms with Gasteiger partial charge in [0, 0.05) is 12.7 Å². The van der Waals surface area contributed by atoms with Crippen LogP contribution in [-0.4, -0.2) is 20.7 Å². The molecule has 1 aromatic heterocycles. The molecule has 0 aliphatic rings. The number of aromatic nitrogens is 3. The third-order valence-corrected chi connectivity index (χ3v) is 2.47. The van der Waals surface area contributed by atoms with Gasteiger partial charge in [-0.25, -0.2) is 9.78 Å². The summed E-state index contributed by atoms with van der Waals surface area (Å²) in [7, 11) is 1.74. The van der Waals surface area contributed by atoms with E-state index in [1.165, 1.54) is 6.33 Å². The van der Waals surface area contributed by atoms with Gasteiger partial charge in [0.1, 0.15) is 6.33 Å². The Morgan fingerprint density at radius 3 is 2.83 bits per heavy atom. The van der Waals surface area contributed by atoms with Crippen LogP contribution in [0.3, 0.4) is 0 Å². The molecular weight excluding hydrogens is 232 g/mol. The van der Waals surface area contributed by atoms with E-state index in [1.54, 1.807) is 29.9 Å². The molecule has 0 amide bonds. The number of nitrogen functional groups attached to an aromatic ring is 1. The van der Waals surface area contributed by atoms with Crippen LogP contribution in [0.4, 0.5) is 5.69 Å². The number of anilines is 1. The van der Waals surface area contributed by atoms with Crippen LogP contribution in [0.5, 0.6) is 0 Å². The summed E-state index contributed by atoms with van der Waals surface area (Å²) in [5.41, 5.74) is 7.58. The Hall–Kier alpha value is -2.37. The lowest BCUT2D eigenvalue weighted by Gasteiger charge is -2.06. The fourth-order valence-corrected chi connectivity index (χ4v) is 1.59. The molecule has 0 saturated carbocycles. The van der Waals surface area contributed by atoms with Crippen molar-refractivity contribution < 1.29 is 9.53 Å². The molecule has 94 valence electrons. The second kappa shape index (κ2) is 4.87. The van der Waals surface area contributed by atoms with Crippen LogP contribution in [0.25, 0.3) is 0 Å². The van der Waals surface area contributed by atoms with Gasteiger partial charge in [0.05, 0.1) is 5.56 Å². The molecule has 0 unspecified atom stereocenters.